The van der Waals surface area contributed by atoms with E-state index in [-0.39, 0.29) is 5.56 Å². The van der Waals surface area contributed by atoms with Crippen LogP contribution in [-0.2, 0) is 19.4 Å². The molecule has 0 aliphatic heterocycles. The Kier molecular flexibility index (Phi) is 3.34. The molecular formula is C16H16ClN5O. The van der Waals surface area contributed by atoms with Crippen molar-refractivity contribution in [3.05, 3.63) is 56.2 Å². The van der Waals surface area contributed by atoms with Crippen molar-refractivity contribution in [2.45, 2.75) is 32.7 Å². The van der Waals surface area contributed by atoms with Crippen LogP contribution in [0.5, 0.6) is 0 Å². The van der Waals surface area contributed by atoms with Crippen LogP contribution in [-0.4, -0.2) is 19.6 Å². The van der Waals surface area contributed by atoms with Crippen molar-refractivity contribution in [2.24, 2.45) is 0 Å². The lowest BCUT2D eigenvalue weighted by atomic mass is 10.2. The maximum absolute atomic E-state index is 12.4. The zero-order valence-corrected chi connectivity index (χ0v) is 13.4. The Hall–Kier alpha value is -2.34. The lowest BCUT2D eigenvalue weighted by Gasteiger charge is -2.08. The summed E-state index contributed by atoms with van der Waals surface area (Å²) >= 11 is 6.12. The summed E-state index contributed by atoms with van der Waals surface area (Å²) < 4.78 is 1.44. The minimum absolute atomic E-state index is 0.0276. The Morgan fingerprint density at radius 1 is 1.35 bits per heavy atom. The summed E-state index contributed by atoms with van der Waals surface area (Å²) in [6, 6.07) is 5.71. The maximum atomic E-state index is 12.4. The van der Waals surface area contributed by atoms with Crippen molar-refractivity contribution in [2.75, 3.05) is 5.32 Å². The molecule has 4 rings (SSSR count). The number of nitrogens with zero attached hydrogens (tertiary/aromatic N) is 3. The first-order valence-corrected chi connectivity index (χ1v) is 7.99. The van der Waals surface area contributed by atoms with Crippen LogP contribution >= 0.6 is 11.6 Å². The predicted octanol–water partition coefficient (Wildman–Crippen LogP) is 2.48. The fourth-order valence-corrected chi connectivity index (χ4v) is 3.16. The Morgan fingerprint density at radius 3 is 3.09 bits per heavy atom. The van der Waals surface area contributed by atoms with Crippen LogP contribution < -0.4 is 10.9 Å². The van der Waals surface area contributed by atoms with E-state index >= 15 is 0 Å². The zero-order chi connectivity index (χ0) is 16.0. The first kappa shape index (κ1) is 14.3. The number of aromatic amines is 1. The van der Waals surface area contributed by atoms with Gasteiger partial charge in [0.1, 0.15) is 5.82 Å². The summed E-state index contributed by atoms with van der Waals surface area (Å²) in [6.45, 7) is 2.43. The fourth-order valence-electron chi connectivity index (χ4n) is 2.99. The number of hydrogen-bond acceptors (Lipinski definition) is 4. The molecule has 1 aliphatic rings. The van der Waals surface area contributed by atoms with Gasteiger partial charge in [0.25, 0.3) is 11.3 Å². The number of aromatic nitrogens is 4. The third-order valence-corrected chi connectivity index (χ3v) is 4.68. The average Bonchev–Trinajstić information content (AvgIpc) is 3.16. The van der Waals surface area contributed by atoms with Crippen molar-refractivity contribution < 1.29 is 0 Å². The molecule has 3 aromatic rings. The van der Waals surface area contributed by atoms with Gasteiger partial charge in [0.05, 0.1) is 12.2 Å². The van der Waals surface area contributed by atoms with Gasteiger partial charge in [-0.25, -0.2) is 4.98 Å². The minimum atomic E-state index is -0.0276. The molecule has 118 valence electrons. The Morgan fingerprint density at radius 2 is 2.22 bits per heavy atom. The molecule has 2 heterocycles. The van der Waals surface area contributed by atoms with E-state index in [9.17, 15) is 4.79 Å². The SMILES string of the molecule is Cc1c(Cl)cccc1NCc1nc2nc3c(c(=O)n2[nH]1)CCC3. The highest BCUT2D eigenvalue weighted by atomic mass is 35.5. The Labute approximate surface area is 137 Å². The van der Waals surface area contributed by atoms with Gasteiger partial charge < -0.3 is 5.32 Å². The molecule has 1 aromatic carbocycles. The summed E-state index contributed by atoms with van der Waals surface area (Å²) in [5.41, 5.74) is 3.61. The minimum Gasteiger partial charge on any atom is -0.378 e. The number of hydrogen-bond donors (Lipinski definition) is 2. The van der Waals surface area contributed by atoms with Crippen LogP contribution in [0.2, 0.25) is 5.02 Å². The van der Waals surface area contributed by atoms with Crippen LogP contribution in [0.15, 0.2) is 23.0 Å². The highest BCUT2D eigenvalue weighted by molar-refractivity contribution is 6.31. The molecule has 2 aromatic heterocycles. The van der Waals surface area contributed by atoms with Crippen molar-refractivity contribution in [1.82, 2.24) is 19.6 Å². The second-order valence-electron chi connectivity index (χ2n) is 5.77. The fraction of sp³-hybridized carbons (Fsp3) is 0.312. The van der Waals surface area contributed by atoms with E-state index in [4.69, 9.17) is 11.6 Å². The third-order valence-electron chi connectivity index (χ3n) is 4.27. The van der Waals surface area contributed by atoms with E-state index in [1.54, 1.807) is 0 Å². The number of anilines is 1. The number of H-pyrrole nitrogens is 1. The van der Waals surface area contributed by atoms with Crippen LogP contribution in [0.3, 0.4) is 0 Å². The molecule has 0 spiro atoms. The summed E-state index contributed by atoms with van der Waals surface area (Å²) in [7, 11) is 0. The number of halogens is 1. The van der Waals surface area contributed by atoms with Gasteiger partial charge in [-0.2, -0.15) is 9.50 Å². The van der Waals surface area contributed by atoms with Gasteiger partial charge in [0, 0.05) is 16.3 Å². The van der Waals surface area contributed by atoms with Crippen LogP contribution in [0.1, 0.15) is 29.1 Å². The molecule has 6 nitrogen and oxygen atoms in total. The average molecular weight is 330 g/mol. The van der Waals surface area contributed by atoms with E-state index in [1.165, 1.54) is 4.52 Å². The van der Waals surface area contributed by atoms with Crippen LogP contribution in [0.4, 0.5) is 5.69 Å². The number of aryl methyl sites for hydroxylation is 1. The maximum Gasteiger partial charge on any atom is 0.277 e. The molecular weight excluding hydrogens is 314 g/mol. The van der Waals surface area contributed by atoms with Gasteiger partial charge in [-0.15, -0.1) is 0 Å². The van der Waals surface area contributed by atoms with Crippen LogP contribution in [0, 0.1) is 6.92 Å². The predicted molar refractivity (Wildman–Crippen MR) is 89.1 cm³/mol. The highest BCUT2D eigenvalue weighted by Crippen LogP contribution is 2.23. The summed E-state index contributed by atoms with van der Waals surface area (Å²) in [6.07, 6.45) is 2.66. The molecule has 23 heavy (non-hydrogen) atoms. The standard InChI is InChI=1S/C16H16ClN5O/c1-9-11(17)5-3-6-12(9)18-8-14-20-16-19-13-7-2-4-10(13)15(23)22(16)21-14/h3,5-6,18H,2,4,7-8H2,1H3,(H,19,20,21). The lowest BCUT2D eigenvalue weighted by molar-refractivity contribution is 0.839. The first-order valence-electron chi connectivity index (χ1n) is 7.62. The third kappa shape index (κ3) is 2.39. The second kappa shape index (κ2) is 5.38. The van der Waals surface area contributed by atoms with Gasteiger partial charge in [-0.3, -0.25) is 9.89 Å². The van der Waals surface area contributed by atoms with Gasteiger partial charge >= 0.3 is 0 Å². The highest BCUT2D eigenvalue weighted by Gasteiger charge is 2.19. The monoisotopic (exact) mass is 329 g/mol. The molecule has 0 unspecified atom stereocenters. The van der Waals surface area contributed by atoms with Crippen molar-refractivity contribution >= 4 is 23.1 Å². The quantitative estimate of drug-likeness (QED) is 0.774. The molecule has 0 radical (unpaired) electrons. The molecule has 0 fully saturated rings. The largest absolute Gasteiger partial charge is 0.378 e. The molecule has 2 N–H and O–H groups in total. The van der Waals surface area contributed by atoms with E-state index in [2.05, 4.69) is 20.4 Å². The van der Waals surface area contributed by atoms with Gasteiger partial charge in [0.15, 0.2) is 0 Å². The summed E-state index contributed by atoms with van der Waals surface area (Å²) in [5.74, 6) is 1.10. The molecule has 0 amide bonds. The molecule has 0 saturated carbocycles. The summed E-state index contributed by atoms with van der Waals surface area (Å²) in [5, 5.41) is 7.04. The smallest absolute Gasteiger partial charge is 0.277 e. The van der Waals surface area contributed by atoms with Crippen LogP contribution in [0.25, 0.3) is 5.78 Å². The number of nitrogens with one attached hydrogen (secondary N) is 2. The van der Waals surface area contributed by atoms with Crippen molar-refractivity contribution in [1.29, 1.82) is 0 Å². The van der Waals surface area contributed by atoms with Crippen molar-refractivity contribution in [3.8, 4) is 0 Å². The number of benzene rings is 1. The lowest BCUT2D eigenvalue weighted by Crippen LogP contribution is -2.20. The Bertz CT molecular complexity index is 959. The van der Waals surface area contributed by atoms with E-state index in [0.29, 0.717) is 23.2 Å². The van der Waals surface area contributed by atoms with Gasteiger partial charge in [-0.1, -0.05) is 17.7 Å². The molecule has 1 aliphatic carbocycles. The number of rotatable bonds is 3. The first-order chi connectivity index (χ1) is 11.1. The number of fused-ring (bicyclic) bond motifs is 2. The topological polar surface area (TPSA) is 75.1 Å². The van der Waals surface area contributed by atoms with E-state index < -0.39 is 0 Å². The second-order valence-corrected chi connectivity index (χ2v) is 6.17. The molecule has 7 heteroatoms. The summed E-state index contributed by atoms with van der Waals surface area (Å²) in [4.78, 5) is 21.3. The Balaban J connectivity index is 1.64. The molecule has 0 atom stereocenters. The van der Waals surface area contributed by atoms with Crippen molar-refractivity contribution in [3.63, 3.8) is 0 Å². The van der Waals surface area contributed by atoms with Gasteiger partial charge in [-0.05, 0) is 43.9 Å². The van der Waals surface area contributed by atoms with E-state index in [1.807, 2.05) is 25.1 Å². The van der Waals surface area contributed by atoms with Gasteiger partial charge in [0.2, 0.25) is 0 Å². The normalized spacial score (nSPS) is 13.5. The molecule has 0 bridgehead atoms. The zero-order valence-electron chi connectivity index (χ0n) is 12.7. The van der Waals surface area contributed by atoms with E-state index in [0.717, 1.165) is 41.8 Å². The molecule has 0 saturated heterocycles.